The van der Waals surface area contributed by atoms with Gasteiger partial charge in [0, 0.05) is 23.6 Å². The van der Waals surface area contributed by atoms with E-state index in [1.165, 1.54) is 6.20 Å². The van der Waals surface area contributed by atoms with E-state index in [1.54, 1.807) is 6.92 Å². The number of hydrogen-bond donors (Lipinski definition) is 1. The first-order chi connectivity index (χ1) is 15.2. The fraction of sp³-hybridized carbons (Fsp3) is 0.217. The minimum absolute atomic E-state index is 0.0798. The van der Waals surface area contributed by atoms with Crippen molar-refractivity contribution in [1.82, 2.24) is 9.88 Å². The second-order valence-corrected chi connectivity index (χ2v) is 7.23. The number of esters is 1. The highest BCUT2D eigenvalue weighted by atomic mass is 19.4. The normalized spacial score (nSPS) is 14.0. The molecule has 9 heteroatoms. The van der Waals surface area contributed by atoms with E-state index < -0.39 is 35.0 Å². The number of nitrogens with one attached hydrogen (secondary N) is 1. The van der Waals surface area contributed by atoms with Gasteiger partial charge in [-0.25, -0.2) is 9.18 Å². The molecule has 0 aliphatic carbocycles. The van der Waals surface area contributed by atoms with Gasteiger partial charge in [-0.2, -0.15) is 13.2 Å². The third-order valence-electron chi connectivity index (χ3n) is 5.25. The van der Waals surface area contributed by atoms with Crippen LogP contribution in [0.4, 0.5) is 17.6 Å². The van der Waals surface area contributed by atoms with Crippen molar-refractivity contribution in [3.8, 4) is 0 Å². The third kappa shape index (κ3) is 3.86. The van der Waals surface area contributed by atoms with Crippen molar-refractivity contribution in [2.24, 2.45) is 0 Å². The molecule has 0 bridgehead atoms. The van der Waals surface area contributed by atoms with Crippen LogP contribution in [0.1, 0.15) is 34.1 Å². The number of rotatable bonds is 3. The Bertz CT molecular complexity index is 1240. The van der Waals surface area contributed by atoms with Crippen molar-refractivity contribution < 1.29 is 31.9 Å². The average molecular weight is 446 g/mol. The van der Waals surface area contributed by atoms with E-state index in [9.17, 15) is 27.2 Å². The molecule has 5 nitrogen and oxygen atoms in total. The van der Waals surface area contributed by atoms with Crippen LogP contribution >= 0.6 is 0 Å². The van der Waals surface area contributed by atoms with Crippen molar-refractivity contribution in [2.75, 3.05) is 13.2 Å². The fourth-order valence-electron chi connectivity index (χ4n) is 3.75. The Kier molecular flexibility index (Phi) is 5.50. The summed E-state index contributed by atoms with van der Waals surface area (Å²) < 4.78 is 58.1. The van der Waals surface area contributed by atoms with Crippen LogP contribution in [-0.2, 0) is 22.1 Å². The number of amides is 1. The highest BCUT2D eigenvalue weighted by Crippen LogP contribution is 2.33. The number of carbonyl (C=O) groups excluding carboxylic acids is 2. The highest BCUT2D eigenvalue weighted by Gasteiger charge is 2.33. The first-order valence-electron chi connectivity index (χ1n) is 9.87. The van der Waals surface area contributed by atoms with Gasteiger partial charge >= 0.3 is 12.1 Å². The lowest BCUT2D eigenvalue weighted by Crippen LogP contribution is -2.29. The Hall–Kier alpha value is -3.62. The molecule has 4 rings (SSSR count). The molecule has 0 saturated carbocycles. The number of hydrogen-bond acceptors (Lipinski definition) is 3. The van der Waals surface area contributed by atoms with Gasteiger partial charge in [-0.1, -0.05) is 18.2 Å². The predicted octanol–water partition coefficient (Wildman–Crippen LogP) is 4.93. The van der Waals surface area contributed by atoms with E-state index in [2.05, 4.69) is 4.98 Å². The number of fused-ring (bicyclic) bond motifs is 3. The fourth-order valence-corrected chi connectivity index (χ4v) is 3.75. The molecule has 0 radical (unpaired) electrons. The van der Waals surface area contributed by atoms with E-state index in [0.29, 0.717) is 18.2 Å². The molecular formula is C23H18F4N2O3. The van der Waals surface area contributed by atoms with E-state index in [1.807, 2.05) is 24.3 Å². The molecule has 1 amide bonds. The van der Waals surface area contributed by atoms with Crippen molar-refractivity contribution in [3.63, 3.8) is 0 Å². The minimum Gasteiger partial charge on any atom is -0.462 e. The van der Waals surface area contributed by atoms with E-state index in [4.69, 9.17) is 4.74 Å². The van der Waals surface area contributed by atoms with Crippen molar-refractivity contribution in [2.45, 2.75) is 19.5 Å². The molecule has 0 fully saturated rings. The van der Waals surface area contributed by atoms with Gasteiger partial charge in [0.15, 0.2) is 0 Å². The number of aromatic nitrogens is 1. The number of aromatic amines is 1. The third-order valence-corrected chi connectivity index (χ3v) is 5.25. The quantitative estimate of drug-likeness (QED) is 0.459. The van der Waals surface area contributed by atoms with Gasteiger partial charge < -0.3 is 14.6 Å². The topological polar surface area (TPSA) is 62.4 Å². The Morgan fingerprint density at radius 3 is 2.59 bits per heavy atom. The van der Waals surface area contributed by atoms with E-state index in [0.717, 1.165) is 27.4 Å². The molecular weight excluding hydrogens is 428 g/mol. The molecule has 3 aromatic rings. The Balaban J connectivity index is 1.76. The maximum absolute atomic E-state index is 14.4. The summed E-state index contributed by atoms with van der Waals surface area (Å²) >= 11 is 0. The number of para-hydroxylation sites is 1. The standard InChI is InChI=1S/C23H18F4N2O3/c1-2-32-22(31)17-12-29(10-9-15-14-5-3-4-6-19(14)28-20(15)17)21(30)16-8-7-13(11-18(16)24)23(25,26)27/h3-8,11-12,28H,2,9-10H2,1H3. The largest absolute Gasteiger partial charge is 0.462 e. The lowest BCUT2D eigenvalue weighted by atomic mass is 10.0. The van der Waals surface area contributed by atoms with Crippen LogP contribution in [-0.4, -0.2) is 34.9 Å². The van der Waals surface area contributed by atoms with Gasteiger partial charge in [0.2, 0.25) is 0 Å². The van der Waals surface area contributed by atoms with Crippen LogP contribution in [0, 0.1) is 5.82 Å². The van der Waals surface area contributed by atoms with Crippen LogP contribution < -0.4 is 0 Å². The predicted molar refractivity (Wildman–Crippen MR) is 109 cm³/mol. The molecule has 1 aliphatic heterocycles. The molecule has 0 unspecified atom stereocenters. The first-order valence-corrected chi connectivity index (χ1v) is 9.87. The second-order valence-electron chi connectivity index (χ2n) is 7.23. The molecule has 0 saturated heterocycles. The summed E-state index contributed by atoms with van der Waals surface area (Å²) in [7, 11) is 0. The lowest BCUT2D eigenvalue weighted by Gasteiger charge is -2.19. The Labute approximate surface area is 180 Å². The Morgan fingerprint density at radius 1 is 1.16 bits per heavy atom. The number of carbonyl (C=O) groups is 2. The Morgan fingerprint density at radius 2 is 1.91 bits per heavy atom. The van der Waals surface area contributed by atoms with Gasteiger partial charge in [-0.15, -0.1) is 0 Å². The molecule has 1 aliphatic rings. The van der Waals surface area contributed by atoms with Gasteiger partial charge in [-0.3, -0.25) is 4.79 Å². The number of H-pyrrole nitrogens is 1. The van der Waals surface area contributed by atoms with E-state index in [-0.39, 0.29) is 24.8 Å². The molecule has 32 heavy (non-hydrogen) atoms. The van der Waals surface area contributed by atoms with Gasteiger partial charge in [0.25, 0.3) is 5.91 Å². The van der Waals surface area contributed by atoms with Crippen molar-refractivity contribution in [1.29, 1.82) is 0 Å². The lowest BCUT2D eigenvalue weighted by molar-refractivity contribution is -0.138. The molecule has 0 spiro atoms. The maximum atomic E-state index is 14.4. The van der Waals surface area contributed by atoms with Crippen molar-refractivity contribution in [3.05, 3.63) is 76.9 Å². The monoisotopic (exact) mass is 446 g/mol. The van der Waals surface area contributed by atoms with Gasteiger partial charge in [0.05, 0.1) is 29.0 Å². The number of halogens is 4. The number of ether oxygens (including phenoxy) is 1. The number of alkyl halides is 3. The van der Waals surface area contributed by atoms with E-state index >= 15 is 0 Å². The van der Waals surface area contributed by atoms with Crippen LogP contribution in [0.2, 0.25) is 0 Å². The maximum Gasteiger partial charge on any atom is 0.416 e. The molecule has 2 heterocycles. The van der Waals surface area contributed by atoms with Crippen LogP contribution in [0.25, 0.3) is 16.5 Å². The zero-order valence-electron chi connectivity index (χ0n) is 16.9. The smallest absolute Gasteiger partial charge is 0.416 e. The summed E-state index contributed by atoms with van der Waals surface area (Å²) in [5.41, 5.74) is 0.466. The molecule has 1 aromatic heterocycles. The minimum atomic E-state index is -4.73. The molecule has 2 aromatic carbocycles. The number of nitrogens with zero attached hydrogens (tertiary/aromatic N) is 1. The van der Waals surface area contributed by atoms with Gasteiger partial charge in [0.1, 0.15) is 5.82 Å². The summed E-state index contributed by atoms with van der Waals surface area (Å²) in [6, 6.07) is 9.16. The summed E-state index contributed by atoms with van der Waals surface area (Å²) in [5.74, 6) is -2.82. The van der Waals surface area contributed by atoms with Gasteiger partial charge in [-0.05, 0) is 43.2 Å². The van der Waals surface area contributed by atoms with Crippen molar-refractivity contribution >= 4 is 28.4 Å². The molecule has 166 valence electrons. The summed E-state index contributed by atoms with van der Waals surface area (Å²) in [5, 5.41) is 0.868. The highest BCUT2D eigenvalue weighted by molar-refractivity contribution is 6.18. The average Bonchev–Trinajstić information content (AvgIpc) is 3.00. The summed E-state index contributed by atoms with van der Waals surface area (Å²) in [6.45, 7) is 1.84. The van der Waals surface area contributed by atoms with Crippen LogP contribution in [0.5, 0.6) is 0 Å². The van der Waals surface area contributed by atoms with Crippen LogP contribution in [0.15, 0.2) is 48.7 Å². The molecule has 1 N–H and O–H groups in total. The second kappa shape index (κ2) is 8.14. The zero-order valence-corrected chi connectivity index (χ0v) is 16.9. The zero-order chi connectivity index (χ0) is 23.0. The number of benzene rings is 2. The summed E-state index contributed by atoms with van der Waals surface area (Å²) in [6.07, 6.45) is -3.13. The van der Waals surface area contributed by atoms with Crippen LogP contribution in [0.3, 0.4) is 0 Å². The summed E-state index contributed by atoms with van der Waals surface area (Å²) in [4.78, 5) is 30.0. The SMILES string of the molecule is CCOC(=O)C1=CN(C(=O)c2ccc(C(F)(F)F)cc2F)CCc2c1[nH]c1ccccc21. The molecule has 0 atom stereocenters. The first kappa shape index (κ1) is 21.6.